The summed E-state index contributed by atoms with van der Waals surface area (Å²) in [4.78, 5) is 29.2. The first-order valence-corrected chi connectivity index (χ1v) is 11.2. The van der Waals surface area contributed by atoms with Gasteiger partial charge in [0.05, 0.1) is 24.7 Å². The number of amides is 2. The van der Waals surface area contributed by atoms with Crippen LogP contribution in [-0.4, -0.2) is 44.1 Å². The molecule has 0 saturated carbocycles. The van der Waals surface area contributed by atoms with Gasteiger partial charge in [0, 0.05) is 19.1 Å². The molecule has 0 aliphatic carbocycles. The van der Waals surface area contributed by atoms with Crippen LogP contribution in [-0.2, 0) is 25.6 Å². The van der Waals surface area contributed by atoms with Crippen LogP contribution in [0.4, 0.5) is 5.69 Å². The third-order valence-corrected chi connectivity index (χ3v) is 7.05. The van der Waals surface area contributed by atoms with Crippen molar-refractivity contribution >= 4 is 29.3 Å². The average Bonchev–Trinajstić information content (AvgIpc) is 2.77. The Bertz CT molecular complexity index is 945. The minimum absolute atomic E-state index is 0.0534. The van der Waals surface area contributed by atoms with Crippen molar-refractivity contribution in [2.24, 2.45) is 5.92 Å². The number of para-hydroxylation sites is 1. The zero-order valence-corrected chi connectivity index (χ0v) is 19.5. The Kier molecular flexibility index (Phi) is 7.75. The van der Waals surface area contributed by atoms with Crippen LogP contribution in [0.15, 0.2) is 47.4 Å². The number of aryl methyl sites for hydroxylation is 2. The molecule has 0 bridgehead atoms. The number of hydrogen-bond acceptors (Lipinski definition) is 5. The van der Waals surface area contributed by atoms with Gasteiger partial charge >= 0.3 is 0 Å². The van der Waals surface area contributed by atoms with Gasteiger partial charge in [0.1, 0.15) is 5.25 Å². The fourth-order valence-corrected chi connectivity index (χ4v) is 4.89. The number of benzene rings is 2. The number of nitrogens with one attached hydrogen (secondary N) is 1. The standard InChI is InChI=1S/C24H30N2O4S/c1-15-10-11-16(2)18(12-15)14-26-19-8-6-7-9-20(19)31-22(24(26)28)17(3)23(27)25-13-21(29-4)30-5/h6-12,17,21-22H,13-14H2,1-5H3,(H,25,27)/t17-,22+/m0/s1. The lowest BCUT2D eigenvalue weighted by Crippen LogP contribution is -2.48. The van der Waals surface area contributed by atoms with Gasteiger partial charge in [-0.1, -0.05) is 42.8 Å². The predicted octanol–water partition coefficient (Wildman–Crippen LogP) is 3.68. The first kappa shape index (κ1) is 23.3. The van der Waals surface area contributed by atoms with E-state index in [1.54, 1.807) is 6.92 Å². The van der Waals surface area contributed by atoms with Crippen molar-refractivity contribution in [3.63, 3.8) is 0 Å². The zero-order chi connectivity index (χ0) is 22.5. The third-order valence-electron chi connectivity index (χ3n) is 5.59. The largest absolute Gasteiger partial charge is 0.354 e. The fourth-order valence-electron chi connectivity index (χ4n) is 3.60. The second-order valence-electron chi connectivity index (χ2n) is 7.80. The number of fused-ring (bicyclic) bond motifs is 1. The lowest BCUT2D eigenvalue weighted by atomic mass is 10.0. The minimum Gasteiger partial charge on any atom is -0.354 e. The molecule has 1 heterocycles. The van der Waals surface area contributed by atoms with Gasteiger partial charge in [0.2, 0.25) is 11.8 Å². The summed E-state index contributed by atoms with van der Waals surface area (Å²) in [6.45, 7) is 6.60. The summed E-state index contributed by atoms with van der Waals surface area (Å²) in [5, 5.41) is 2.32. The number of nitrogens with zero attached hydrogens (tertiary/aromatic N) is 1. The summed E-state index contributed by atoms with van der Waals surface area (Å²) in [5.74, 6) is -0.764. The number of carbonyl (C=O) groups excluding carboxylic acids is 2. The van der Waals surface area contributed by atoms with Crippen LogP contribution in [0.5, 0.6) is 0 Å². The number of carbonyl (C=O) groups is 2. The molecule has 7 heteroatoms. The Morgan fingerprint density at radius 2 is 1.87 bits per heavy atom. The summed E-state index contributed by atoms with van der Waals surface area (Å²) in [6.07, 6.45) is -0.521. The molecule has 166 valence electrons. The Morgan fingerprint density at radius 1 is 1.16 bits per heavy atom. The molecule has 0 radical (unpaired) electrons. The highest BCUT2D eigenvalue weighted by Gasteiger charge is 2.39. The van der Waals surface area contributed by atoms with E-state index in [0.717, 1.165) is 27.3 Å². The predicted molar refractivity (Wildman–Crippen MR) is 123 cm³/mol. The summed E-state index contributed by atoms with van der Waals surface area (Å²) >= 11 is 1.45. The summed E-state index contributed by atoms with van der Waals surface area (Å²) in [7, 11) is 3.04. The fraction of sp³-hybridized carbons (Fsp3) is 0.417. The van der Waals surface area contributed by atoms with Crippen LogP contribution in [0.2, 0.25) is 0 Å². The van der Waals surface area contributed by atoms with Gasteiger partial charge in [0.25, 0.3) is 0 Å². The molecule has 0 unspecified atom stereocenters. The average molecular weight is 443 g/mol. The molecule has 0 saturated heterocycles. The molecule has 31 heavy (non-hydrogen) atoms. The van der Waals surface area contributed by atoms with Crippen molar-refractivity contribution in [2.45, 2.75) is 43.8 Å². The van der Waals surface area contributed by atoms with Gasteiger partial charge in [-0.05, 0) is 37.1 Å². The highest BCUT2D eigenvalue weighted by Crippen LogP contribution is 2.42. The maximum absolute atomic E-state index is 13.6. The van der Waals surface area contributed by atoms with E-state index in [2.05, 4.69) is 30.4 Å². The van der Waals surface area contributed by atoms with Gasteiger partial charge in [0.15, 0.2) is 6.29 Å². The molecule has 0 spiro atoms. The smallest absolute Gasteiger partial charge is 0.241 e. The highest BCUT2D eigenvalue weighted by molar-refractivity contribution is 8.01. The second kappa shape index (κ2) is 10.3. The number of ether oxygens (including phenoxy) is 2. The maximum atomic E-state index is 13.6. The molecule has 0 fully saturated rings. The SMILES string of the molecule is COC(CNC(=O)[C@@H](C)[C@H]1Sc2ccccc2N(Cc2cc(C)ccc2C)C1=O)OC. The van der Waals surface area contributed by atoms with E-state index in [0.29, 0.717) is 6.54 Å². The van der Waals surface area contributed by atoms with Crippen molar-refractivity contribution in [1.29, 1.82) is 0 Å². The minimum atomic E-state index is -0.521. The molecule has 2 aromatic rings. The summed E-state index contributed by atoms with van der Waals surface area (Å²) < 4.78 is 10.3. The van der Waals surface area contributed by atoms with Crippen molar-refractivity contribution < 1.29 is 19.1 Å². The van der Waals surface area contributed by atoms with Crippen LogP contribution < -0.4 is 10.2 Å². The first-order valence-electron chi connectivity index (χ1n) is 10.3. The molecule has 1 aliphatic rings. The van der Waals surface area contributed by atoms with Gasteiger partial charge in [-0.2, -0.15) is 0 Å². The molecule has 1 aliphatic heterocycles. The molecule has 3 rings (SSSR count). The van der Waals surface area contributed by atoms with Crippen molar-refractivity contribution in [3.05, 3.63) is 59.2 Å². The van der Waals surface area contributed by atoms with Gasteiger partial charge in [-0.15, -0.1) is 11.8 Å². The van der Waals surface area contributed by atoms with Crippen LogP contribution >= 0.6 is 11.8 Å². The maximum Gasteiger partial charge on any atom is 0.241 e. The first-order chi connectivity index (χ1) is 14.8. The van der Waals surface area contributed by atoms with E-state index in [1.165, 1.54) is 26.0 Å². The molecule has 6 nitrogen and oxygen atoms in total. The molecule has 1 N–H and O–H groups in total. The monoisotopic (exact) mass is 442 g/mol. The van der Waals surface area contributed by atoms with Gasteiger partial charge < -0.3 is 19.7 Å². The number of hydrogen-bond donors (Lipinski definition) is 1. The van der Waals surface area contributed by atoms with E-state index >= 15 is 0 Å². The van der Waals surface area contributed by atoms with Gasteiger partial charge in [-0.3, -0.25) is 9.59 Å². The lowest BCUT2D eigenvalue weighted by molar-refractivity contribution is -0.132. The number of rotatable bonds is 8. The van der Waals surface area contributed by atoms with E-state index in [4.69, 9.17) is 9.47 Å². The van der Waals surface area contributed by atoms with Crippen LogP contribution in [0.1, 0.15) is 23.6 Å². The molecule has 0 aromatic heterocycles. The quantitative estimate of drug-likeness (QED) is 0.632. The second-order valence-corrected chi connectivity index (χ2v) is 8.98. The number of thioether (sulfide) groups is 1. The summed E-state index contributed by atoms with van der Waals surface area (Å²) in [6, 6.07) is 14.1. The molecule has 2 amide bonds. The Balaban J connectivity index is 1.84. The van der Waals surface area contributed by atoms with Crippen LogP contribution in [0.3, 0.4) is 0 Å². The molecule has 2 atom stereocenters. The lowest BCUT2D eigenvalue weighted by Gasteiger charge is -2.36. The van der Waals surface area contributed by atoms with Gasteiger partial charge in [-0.25, -0.2) is 0 Å². The molecule has 2 aromatic carbocycles. The normalized spacial score (nSPS) is 16.9. The Morgan fingerprint density at radius 3 is 2.58 bits per heavy atom. The number of methoxy groups -OCH3 is 2. The Labute approximate surface area is 188 Å². The van der Waals surface area contributed by atoms with E-state index in [1.807, 2.05) is 36.1 Å². The zero-order valence-electron chi connectivity index (χ0n) is 18.7. The topological polar surface area (TPSA) is 67.9 Å². The highest BCUT2D eigenvalue weighted by atomic mass is 32.2. The van der Waals surface area contributed by atoms with Crippen LogP contribution in [0, 0.1) is 19.8 Å². The van der Waals surface area contributed by atoms with Crippen molar-refractivity contribution in [3.8, 4) is 0 Å². The Hall–Kier alpha value is -2.35. The van der Waals surface area contributed by atoms with Crippen LogP contribution in [0.25, 0.3) is 0 Å². The van der Waals surface area contributed by atoms with Crippen molar-refractivity contribution in [2.75, 3.05) is 25.7 Å². The van der Waals surface area contributed by atoms with E-state index in [9.17, 15) is 9.59 Å². The van der Waals surface area contributed by atoms with E-state index < -0.39 is 17.5 Å². The summed E-state index contributed by atoms with van der Waals surface area (Å²) in [5.41, 5.74) is 4.29. The van der Waals surface area contributed by atoms with E-state index in [-0.39, 0.29) is 18.4 Å². The molecular formula is C24H30N2O4S. The van der Waals surface area contributed by atoms with Crippen molar-refractivity contribution in [1.82, 2.24) is 5.32 Å². The number of anilines is 1. The third kappa shape index (κ3) is 5.29. The molecular weight excluding hydrogens is 412 g/mol.